The molecular formula is C27H30ClN3O4S. The van der Waals surface area contributed by atoms with E-state index in [4.69, 9.17) is 21.1 Å². The van der Waals surface area contributed by atoms with E-state index in [-0.39, 0.29) is 23.0 Å². The number of halogens is 1. The molecule has 0 spiro atoms. The van der Waals surface area contributed by atoms with E-state index in [1.165, 1.54) is 0 Å². The average molecular weight is 528 g/mol. The van der Waals surface area contributed by atoms with E-state index in [0.717, 1.165) is 47.7 Å². The van der Waals surface area contributed by atoms with Crippen molar-refractivity contribution >= 4 is 40.2 Å². The van der Waals surface area contributed by atoms with Crippen LogP contribution in [0.15, 0.2) is 47.4 Å². The van der Waals surface area contributed by atoms with Crippen LogP contribution in [0.3, 0.4) is 0 Å². The molecule has 5 rings (SSSR count). The van der Waals surface area contributed by atoms with Crippen LogP contribution in [0.1, 0.15) is 27.9 Å². The quantitative estimate of drug-likeness (QED) is 0.478. The zero-order chi connectivity index (χ0) is 25.1. The molecule has 3 aromatic rings. The first-order valence-electron chi connectivity index (χ1n) is 12.2. The zero-order valence-corrected chi connectivity index (χ0v) is 21.9. The molecule has 1 N–H and O–H groups in total. The molecular weight excluding hydrogens is 498 g/mol. The predicted octanol–water partition coefficient (Wildman–Crippen LogP) is 3.93. The van der Waals surface area contributed by atoms with Crippen LogP contribution in [-0.4, -0.2) is 59.8 Å². The minimum absolute atomic E-state index is 0.0146. The van der Waals surface area contributed by atoms with Gasteiger partial charge in [-0.3, -0.25) is 14.5 Å². The number of nitrogens with one attached hydrogen (secondary N) is 1. The van der Waals surface area contributed by atoms with E-state index in [9.17, 15) is 9.59 Å². The van der Waals surface area contributed by atoms with Crippen molar-refractivity contribution in [3.05, 3.63) is 74.5 Å². The molecule has 1 saturated heterocycles. The lowest BCUT2D eigenvalue weighted by Gasteiger charge is -2.30. The second-order valence-electron chi connectivity index (χ2n) is 9.23. The molecule has 0 aliphatic carbocycles. The summed E-state index contributed by atoms with van der Waals surface area (Å²) in [6, 6.07) is 11.3. The lowest BCUT2D eigenvalue weighted by Crippen LogP contribution is -2.36. The Kier molecular flexibility index (Phi) is 7.86. The standard InChI is InChI=1S/C27H30ClN3O4S/c1-36-11-6-21-16-31-17-23(27(33)29-14-18-2-4-20(28)5-3-18)26(32)22-12-19(13-24(35-21)25(22)31)15-30-7-9-34-10-8-30/h2-5,12-13,17,21H,6-11,14-16H2,1H3,(H,29,33). The minimum atomic E-state index is -0.382. The molecule has 0 bridgehead atoms. The van der Waals surface area contributed by atoms with Crippen molar-refractivity contribution in [3.8, 4) is 5.75 Å². The smallest absolute Gasteiger partial charge is 0.257 e. The second-order valence-corrected chi connectivity index (χ2v) is 10.7. The molecule has 3 heterocycles. The first-order chi connectivity index (χ1) is 17.5. The number of carbonyl (C=O) groups excluding carboxylic acids is 1. The molecule has 7 nitrogen and oxygen atoms in total. The highest BCUT2D eigenvalue weighted by molar-refractivity contribution is 7.98. The van der Waals surface area contributed by atoms with Crippen LogP contribution in [-0.2, 0) is 24.4 Å². The summed E-state index contributed by atoms with van der Waals surface area (Å²) in [5.41, 5.74) is 2.56. The number of carbonyl (C=O) groups is 1. The summed E-state index contributed by atoms with van der Waals surface area (Å²) in [7, 11) is 0. The van der Waals surface area contributed by atoms with Gasteiger partial charge < -0.3 is 19.4 Å². The Morgan fingerprint density at radius 3 is 2.69 bits per heavy atom. The van der Waals surface area contributed by atoms with Gasteiger partial charge in [0.1, 0.15) is 17.4 Å². The van der Waals surface area contributed by atoms with Gasteiger partial charge in [-0.15, -0.1) is 0 Å². The van der Waals surface area contributed by atoms with Crippen LogP contribution in [0.25, 0.3) is 10.9 Å². The van der Waals surface area contributed by atoms with Crippen LogP contribution in [0.5, 0.6) is 5.75 Å². The molecule has 1 fully saturated rings. The lowest BCUT2D eigenvalue weighted by atomic mass is 10.0. The Bertz CT molecular complexity index is 1310. The van der Waals surface area contributed by atoms with Gasteiger partial charge in [0, 0.05) is 37.4 Å². The van der Waals surface area contributed by atoms with Crippen molar-refractivity contribution < 1.29 is 14.3 Å². The van der Waals surface area contributed by atoms with Crippen LogP contribution in [0.4, 0.5) is 0 Å². The highest BCUT2D eigenvalue weighted by Gasteiger charge is 2.26. The predicted molar refractivity (Wildman–Crippen MR) is 144 cm³/mol. The maximum atomic E-state index is 13.6. The SMILES string of the molecule is CSCCC1Cn2cc(C(=O)NCc3ccc(Cl)cc3)c(=O)c3cc(CN4CCOCC4)cc(c32)O1. The number of rotatable bonds is 8. The zero-order valence-electron chi connectivity index (χ0n) is 20.3. The van der Waals surface area contributed by atoms with Crippen molar-refractivity contribution in [2.75, 3.05) is 38.3 Å². The molecule has 2 aromatic carbocycles. The monoisotopic (exact) mass is 527 g/mol. The Morgan fingerprint density at radius 2 is 1.94 bits per heavy atom. The van der Waals surface area contributed by atoms with E-state index >= 15 is 0 Å². The van der Waals surface area contributed by atoms with Crippen LogP contribution >= 0.6 is 23.4 Å². The summed E-state index contributed by atoms with van der Waals surface area (Å²) in [6.45, 7) is 4.73. The number of hydrogen-bond donors (Lipinski definition) is 1. The van der Waals surface area contributed by atoms with Crippen molar-refractivity contribution in [3.63, 3.8) is 0 Å². The third-order valence-corrected chi connectivity index (χ3v) is 7.55. The molecule has 0 saturated carbocycles. The second kappa shape index (κ2) is 11.3. The Morgan fingerprint density at radius 1 is 1.17 bits per heavy atom. The first kappa shape index (κ1) is 25.1. The summed E-state index contributed by atoms with van der Waals surface area (Å²) >= 11 is 7.74. The maximum Gasteiger partial charge on any atom is 0.257 e. The molecule has 2 aliphatic rings. The fourth-order valence-electron chi connectivity index (χ4n) is 4.78. The molecule has 1 atom stereocenters. The van der Waals surface area contributed by atoms with Gasteiger partial charge in [0.25, 0.3) is 5.91 Å². The topological polar surface area (TPSA) is 72.8 Å². The van der Waals surface area contributed by atoms with E-state index in [1.54, 1.807) is 30.1 Å². The summed E-state index contributed by atoms with van der Waals surface area (Å²) < 4.78 is 13.9. The first-order valence-corrected chi connectivity index (χ1v) is 14.0. The summed E-state index contributed by atoms with van der Waals surface area (Å²) in [5, 5.41) is 4.06. The van der Waals surface area contributed by atoms with E-state index in [1.807, 2.05) is 22.8 Å². The van der Waals surface area contributed by atoms with Crippen molar-refractivity contribution in [1.82, 2.24) is 14.8 Å². The van der Waals surface area contributed by atoms with Gasteiger partial charge in [-0.25, -0.2) is 0 Å². The normalized spacial score (nSPS) is 17.7. The van der Waals surface area contributed by atoms with Crippen LogP contribution in [0.2, 0.25) is 5.02 Å². The fraction of sp³-hybridized carbons (Fsp3) is 0.407. The molecule has 9 heteroatoms. The van der Waals surface area contributed by atoms with Gasteiger partial charge in [-0.05, 0) is 53.8 Å². The largest absolute Gasteiger partial charge is 0.486 e. The van der Waals surface area contributed by atoms with E-state index in [2.05, 4.69) is 22.5 Å². The van der Waals surface area contributed by atoms with Gasteiger partial charge in [0.15, 0.2) is 0 Å². The van der Waals surface area contributed by atoms with Gasteiger partial charge in [-0.1, -0.05) is 23.7 Å². The maximum absolute atomic E-state index is 13.6. The number of hydrogen-bond acceptors (Lipinski definition) is 6. The van der Waals surface area contributed by atoms with Crippen LogP contribution in [0, 0.1) is 0 Å². The third kappa shape index (κ3) is 5.57. The number of amides is 1. The number of thioether (sulfide) groups is 1. The lowest BCUT2D eigenvalue weighted by molar-refractivity contribution is 0.0341. The number of benzene rings is 2. The highest BCUT2D eigenvalue weighted by atomic mass is 35.5. The average Bonchev–Trinajstić information content (AvgIpc) is 2.89. The third-order valence-electron chi connectivity index (χ3n) is 6.65. The van der Waals surface area contributed by atoms with Gasteiger partial charge >= 0.3 is 0 Å². The number of aromatic nitrogens is 1. The Labute approximate surface area is 219 Å². The van der Waals surface area contributed by atoms with Crippen molar-refractivity contribution in [2.45, 2.75) is 32.2 Å². The van der Waals surface area contributed by atoms with Gasteiger partial charge in [0.05, 0.1) is 30.7 Å². The van der Waals surface area contributed by atoms with Crippen molar-refractivity contribution in [1.29, 1.82) is 0 Å². The molecule has 0 radical (unpaired) electrons. The summed E-state index contributed by atoms with van der Waals surface area (Å²) in [6.07, 6.45) is 4.65. The molecule has 2 aliphatic heterocycles. The molecule has 190 valence electrons. The van der Waals surface area contributed by atoms with E-state index in [0.29, 0.717) is 43.3 Å². The Balaban J connectivity index is 1.49. The summed E-state index contributed by atoms with van der Waals surface area (Å²) in [5.74, 6) is 1.32. The minimum Gasteiger partial charge on any atom is -0.486 e. The molecule has 1 aromatic heterocycles. The number of morpholine rings is 1. The van der Waals surface area contributed by atoms with Crippen molar-refractivity contribution in [2.24, 2.45) is 0 Å². The number of nitrogens with zero attached hydrogens (tertiary/aromatic N) is 2. The number of ether oxygens (including phenoxy) is 2. The highest BCUT2D eigenvalue weighted by Crippen LogP contribution is 2.33. The molecule has 1 unspecified atom stereocenters. The molecule has 1 amide bonds. The van der Waals surface area contributed by atoms with Crippen LogP contribution < -0.4 is 15.5 Å². The van der Waals surface area contributed by atoms with E-state index < -0.39 is 0 Å². The molecule has 36 heavy (non-hydrogen) atoms. The summed E-state index contributed by atoms with van der Waals surface area (Å²) in [4.78, 5) is 29.1. The van der Waals surface area contributed by atoms with Gasteiger partial charge in [0.2, 0.25) is 5.43 Å². The number of pyridine rings is 1. The Hall–Kier alpha value is -2.52. The fourth-order valence-corrected chi connectivity index (χ4v) is 5.40. The van der Waals surface area contributed by atoms with Gasteiger partial charge in [-0.2, -0.15) is 11.8 Å².